The lowest BCUT2D eigenvalue weighted by Crippen LogP contribution is -1.97. The van der Waals surface area contributed by atoms with Crippen LogP contribution in [0.1, 0.15) is 24.0 Å². The van der Waals surface area contributed by atoms with Crippen LogP contribution in [-0.2, 0) is 0 Å². The van der Waals surface area contributed by atoms with Crippen molar-refractivity contribution in [3.8, 4) is 22.3 Å². The fraction of sp³-hybridized carbons (Fsp3) is 0.0769. The summed E-state index contributed by atoms with van der Waals surface area (Å²) < 4.78 is 0. The summed E-state index contributed by atoms with van der Waals surface area (Å²) in [5, 5.41) is 0. The van der Waals surface area contributed by atoms with Crippen molar-refractivity contribution in [3.05, 3.63) is 120 Å². The Morgan fingerprint density at radius 3 is 1.31 bits per heavy atom. The van der Waals surface area contributed by atoms with Crippen LogP contribution in [0.25, 0.3) is 22.3 Å². The molecule has 0 spiro atoms. The lowest BCUT2D eigenvalue weighted by molar-refractivity contribution is 0.923. The smallest absolute Gasteiger partial charge is 0.00614 e. The average Bonchev–Trinajstić information content (AvgIpc) is 2.75. The zero-order valence-electron chi connectivity index (χ0n) is 15.0. The van der Waals surface area contributed by atoms with Crippen LogP contribution < -0.4 is 0 Å². The van der Waals surface area contributed by atoms with E-state index in [0.29, 0.717) is 5.92 Å². The third kappa shape index (κ3) is 3.45. The Morgan fingerprint density at radius 1 is 0.423 bits per heavy atom. The van der Waals surface area contributed by atoms with E-state index in [1.165, 1.54) is 33.4 Å². The van der Waals surface area contributed by atoms with Crippen LogP contribution in [0.4, 0.5) is 0 Å². The van der Waals surface area contributed by atoms with Crippen molar-refractivity contribution in [1.29, 1.82) is 0 Å². The van der Waals surface area contributed by atoms with Gasteiger partial charge in [-0.15, -0.1) is 0 Å². The monoisotopic (exact) mass is 334 g/mol. The highest BCUT2D eigenvalue weighted by Crippen LogP contribution is 2.33. The van der Waals surface area contributed by atoms with Crippen molar-refractivity contribution >= 4 is 0 Å². The summed E-state index contributed by atoms with van der Waals surface area (Å²) in [5.41, 5.74) is 7.74. The number of benzene rings is 4. The molecule has 4 rings (SSSR count). The lowest BCUT2D eigenvalue weighted by Gasteiger charge is -2.16. The Kier molecular flexibility index (Phi) is 4.66. The van der Waals surface area contributed by atoms with Gasteiger partial charge < -0.3 is 0 Å². The van der Waals surface area contributed by atoms with Gasteiger partial charge in [0.15, 0.2) is 0 Å². The largest absolute Gasteiger partial charge is 0.0622 e. The van der Waals surface area contributed by atoms with Gasteiger partial charge >= 0.3 is 0 Å². The summed E-state index contributed by atoms with van der Waals surface area (Å²) in [4.78, 5) is 0. The second-order valence-electron chi connectivity index (χ2n) is 6.71. The van der Waals surface area contributed by atoms with Crippen molar-refractivity contribution < 1.29 is 0 Å². The first kappa shape index (κ1) is 16.4. The molecule has 0 bridgehead atoms. The predicted molar refractivity (Wildman–Crippen MR) is 111 cm³/mol. The lowest BCUT2D eigenvalue weighted by atomic mass is 9.88. The maximum absolute atomic E-state index is 2.33. The maximum atomic E-state index is 2.33. The molecule has 0 aliphatic rings. The van der Waals surface area contributed by atoms with E-state index in [1.807, 2.05) is 0 Å². The van der Waals surface area contributed by atoms with E-state index in [1.54, 1.807) is 0 Å². The van der Waals surface area contributed by atoms with Crippen LogP contribution in [0.2, 0.25) is 0 Å². The van der Waals surface area contributed by atoms with E-state index >= 15 is 0 Å². The van der Waals surface area contributed by atoms with Crippen LogP contribution in [0.3, 0.4) is 0 Å². The van der Waals surface area contributed by atoms with E-state index in [9.17, 15) is 0 Å². The van der Waals surface area contributed by atoms with Crippen LogP contribution in [0.15, 0.2) is 109 Å². The number of rotatable bonds is 4. The van der Waals surface area contributed by atoms with Gasteiger partial charge in [0.05, 0.1) is 0 Å². The molecule has 0 heteroatoms. The number of hydrogen-bond donors (Lipinski definition) is 0. The average molecular weight is 334 g/mol. The second kappa shape index (κ2) is 7.41. The summed E-state index contributed by atoms with van der Waals surface area (Å²) >= 11 is 0. The van der Waals surface area contributed by atoms with Crippen molar-refractivity contribution in [1.82, 2.24) is 0 Å². The van der Waals surface area contributed by atoms with Gasteiger partial charge in [0, 0.05) is 5.92 Å². The topological polar surface area (TPSA) is 0 Å². The highest BCUT2D eigenvalue weighted by molar-refractivity contribution is 5.74. The molecule has 0 amide bonds. The third-order valence-electron chi connectivity index (χ3n) is 4.97. The molecular weight excluding hydrogens is 312 g/mol. The minimum atomic E-state index is 0.349. The van der Waals surface area contributed by atoms with Crippen LogP contribution >= 0.6 is 0 Å². The second-order valence-corrected chi connectivity index (χ2v) is 6.71. The molecule has 1 atom stereocenters. The molecule has 0 aromatic heterocycles. The Hall–Kier alpha value is -3.12. The molecule has 0 saturated heterocycles. The van der Waals surface area contributed by atoms with Gasteiger partial charge in [0.25, 0.3) is 0 Å². The molecule has 0 saturated carbocycles. The summed E-state index contributed by atoms with van der Waals surface area (Å²) in [6.45, 7) is 2.29. The Labute approximate surface area is 155 Å². The molecule has 0 radical (unpaired) electrons. The minimum absolute atomic E-state index is 0.349. The zero-order valence-corrected chi connectivity index (χ0v) is 15.0. The maximum Gasteiger partial charge on any atom is 0.00614 e. The third-order valence-corrected chi connectivity index (χ3v) is 4.97. The van der Waals surface area contributed by atoms with E-state index in [2.05, 4.69) is 116 Å². The first-order valence-electron chi connectivity index (χ1n) is 9.12. The van der Waals surface area contributed by atoms with E-state index in [4.69, 9.17) is 0 Å². The van der Waals surface area contributed by atoms with Gasteiger partial charge in [-0.05, 0) is 39.4 Å². The molecule has 4 aromatic rings. The van der Waals surface area contributed by atoms with Crippen LogP contribution in [-0.4, -0.2) is 0 Å². The summed E-state index contributed by atoms with van der Waals surface area (Å²) in [6, 6.07) is 39.0. The molecule has 0 N–H and O–H groups in total. The Balaban J connectivity index is 1.86. The van der Waals surface area contributed by atoms with Gasteiger partial charge in [-0.3, -0.25) is 0 Å². The van der Waals surface area contributed by atoms with Crippen molar-refractivity contribution in [2.45, 2.75) is 12.8 Å². The first-order chi connectivity index (χ1) is 12.8. The van der Waals surface area contributed by atoms with E-state index in [-0.39, 0.29) is 0 Å². The van der Waals surface area contributed by atoms with Gasteiger partial charge in [0.1, 0.15) is 0 Å². The Morgan fingerprint density at radius 2 is 0.846 bits per heavy atom. The van der Waals surface area contributed by atoms with Crippen molar-refractivity contribution in [2.24, 2.45) is 0 Å². The zero-order chi connectivity index (χ0) is 17.8. The van der Waals surface area contributed by atoms with Crippen molar-refractivity contribution in [2.75, 3.05) is 0 Å². The van der Waals surface area contributed by atoms with Crippen LogP contribution in [0, 0.1) is 0 Å². The molecule has 26 heavy (non-hydrogen) atoms. The minimum Gasteiger partial charge on any atom is -0.0622 e. The first-order valence-corrected chi connectivity index (χ1v) is 9.12. The van der Waals surface area contributed by atoms with Crippen LogP contribution in [0.5, 0.6) is 0 Å². The fourth-order valence-corrected chi connectivity index (χ4v) is 3.43. The standard InChI is InChI=1S/C26H22/c1-20(21-11-5-2-6-12-21)24-17-25(22-13-7-3-8-14-22)19-26(18-24)23-15-9-4-10-16-23/h2-20H,1H3. The molecule has 0 aliphatic carbocycles. The molecule has 0 heterocycles. The van der Waals surface area contributed by atoms with Gasteiger partial charge in [-0.2, -0.15) is 0 Å². The molecule has 4 aromatic carbocycles. The van der Waals surface area contributed by atoms with E-state index < -0.39 is 0 Å². The quantitative estimate of drug-likeness (QED) is 0.371. The van der Waals surface area contributed by atoms with Crippen molar-refractivity contribution in [3.63, 3.8) is 0 Å². The van der Waals surface area contributed by atoms with Gasteiger partial charge in [0.2, 0.25) is 0 Å². The SMILES string of the molecule is CC(c1ccccc1)c1cc(-c2ccccc2)cc(-c2ccccc2)c1. The molecule has 0 aliphatic heterocycles. The van der Waals surface area contributed by atoms with E-state index in [0.717, 1.165) is 0 Å². The van der Waals surface area contributed by atoms with Gasteiger partial charge in [-0.25, -0.2) is 0 Å². The summed E-state index contributed by atoms with van der Waals surface area (Å²) in [5.74, 6) is 0.349. The summed E-state index contributed by atoms with van der Waals surface area (Å²) in [7, 11) is 0. The van der Waals surface area contributed by atoms with Gasteiger partial charge in [-0.1, -0.05) is 110 Å². The Bertz CT molecular complexity index is 912. The fourth-order valence-electron chi connectivity index (χ4n) is 3.43. The molecule has 0 nitrogen and oxygen atoms in total. The summed E-state index contributed by atoms with van der Waals surface area (Å²) in [6.07, 6.45) is 0. The number of hydrogen-bond acceptors (Lipinski definition) is 0. The predicted octanol–water partition coefficient (Wildman–Crippen LogP) is 7.17. The molecule has 126 valence electrons. The molecule has 1 unspecified atom stereocenters. The highest BCUT2D eigenvalue weighted by Gasteiger charge is 2.12. The molecule has 0 fully saturated rings. The molecular formula is C26H22. The normalized spacial score (nSPS) is 11.9. The highest BCUT2D eigenvalue weighted by atomic mass is 14.2.